The number of hydrogen-bond acceptors (Lipinski definition) is 2. The number of halogens is 2. The van der Waals surface area contributed by atoms with Gasteiger partial charge in [-0.2, -0.15) is 0 Å². The smallest absolute Gasteiger partial charge is 0.253 e. The topological polar surface area (TPSA) is 32.3 Å². The fraction of sp³-hybridized carbons (Fsp3) is 0.400. The van der Waals surface area contributed by atoms with Crippen LogP contribution in [0.1, 0.15) is 18.4 Å². The van der Waals surface area contributed by atoms with Crippen molar-refractivity contribution in [3.63, 3.8) is 0 Å². The fourth-order valence-electron chi connectivity index (χ4n) is 1.77. The lowest BCUT2D eigenvalue weighted by Crippen LogP contribution is -2.23. The van der Waals surface area contributed by atoms with E-state index in [-0.39, 0.29) is 12.3 Å². The second-order valence-electron chi connectivity index (χ2n) is 3.66. The third-order valence-electron chi connectivity index (χ3n) is 2.52. The first-order chi connectivity index (χ1) is 6.48. The molecule has 1 atom stereocenters. The van der Waals surface area contributed by atoms with Gasteiger partial charge in [-0.25, -0.2) is 8.78 Å². The molecule has 0 saturated carbocycles. The quantitative estimate of drug-likeness (QED) is 0.681. The Morgan fingerprint density at radius 3 is 2.86 bits per heavy atom. The van der Waals surface area contributed by atoms with Gasteiger partial charge >= 0.3 is 0 Å². The van der Waals surface area contributed by atoms with E-state index >= 15 is 0 Å². The van der Waals surface area contributed by atoms with Crippen LogP contribution in [-0.4, -0.2) is 17.6 Å². The standard InChI is InChI=1S/C10H11F2NO/c1-10(11,12)8-5-13-9-3-2-6(14)4-7(8)9/h2-4,8,13-14H,5H2,1H3. The third-order valence-corrected chi connectivity index (χ3v) is 2.52. The van der Waals surface area contributed by atoms with Crippen LogP contribution in [0.25, 0.3) is 0 Å². The summed E-state index contributed by atoms with van der Waals surface area (Å²) >= 11 is 0. The number of anilines is 1. The Hall–Kier alpha value is -1.32. The van der Waals surface area contributed by atoms with Crippen molar-refractivity contribution < 1.29 is 13.9 Å². The van der Waals surface area contributed by atoms with E-state index < -0.39 is 11.8 Å². The molecule has 0 aliphatic carbocycles. The molecule has 4 heteroatoms. The van der Waals surface area contributed by atoms with E-state index in [1.165, 1.54) is 12.1 Å². The van der Waals surface area contributed by atoms with Crippen LogP contribution in [0.5, 0.6) is 5.75 Å². The van der Waals surface area contributed by atoms with Gasteiger partial charge in [0, 0.05) is 19.2 Å². The van der Waals surface area contributed by atoms with Crippen molar-refractivity contribution in [1.82, 2.24) is 0 Å². The Morgan fingerprint density at radius 1 is 1.50 bits per heavy atom. The van der Waals surface area contributed by atoms with Gasteiger partial charge in [0.05, 0.1) is 5.92 Å². The first-order valence-electron chi connectivity index (χ1n) is 4.43. The van der Waals surface area contributed by atoms with E-state index in [1.807, 2.05) is 0 Å². The van der Waals surface area contributed by atoms with Crippen LogP contribution < -0.4 is 5.32 Å². The normalized spacial score (nSPS) is 20.4. The second kappa shape index (κ2) is 2.83. The molecule has 2 rings (SSSR count). The molecule has 0 saturated heterocycles. The Labute approximate surface area is 80.6 Å². The summed E-state index contributed by atoms with van der Waals surface area (Å²) in [5.74, 6) is -3.57. The van der Waals surface area contributed by atoms with Crippen LogP contribution in [0, 0.1) is 0 Å². The van der Waals surface area contributed by atoms with Crippen LogP contribution in [-0.2, 0) is 0 Å². The molecule has 76 valence electrons. The van der Waals surface area contributed by atoms with Crippen LogP contribution in [0.2, 0.25) is 0 Å². The van der Waals surface area contributed by atoms with Gasteiger partial charge in [0.15, 0.2) is 0 Å². The molecule has 14 heavy (non-hydrogen) atoms. The highest BCUT2D eigenvalue weighted by Gasteiger charge is 2.39. The molecule has 1 unspecified atom stereocenters. The van der Waals surface area contributed by atoms with Gasteiger partial charge in [0.2, 0.25) is 0 Å². The summed E-state index contributed by atoms with van der Waals surface area (Å²) in [5, 5.41) is 12.1. The largest absolute Gasteiger partial charge is 0.508 e. The third kappa shape index (κ3) is 1.41. The van der Waals surface area contributed by atoms with Crippen LogP contribution in [0.4, 0.5) is 14.5 Å². The number of benzene rings is 1. The van der Waals surface area contributed by atoms with Crippen molar-refractivity contribution in [2.45, 2.75) is 18.8 Å². The summed E-state index contributed by atoms with van der Waals surface area (Å²) in [5.41, 5.74) is 1.19. The molecule has 2 nitrogen and oxygen atoms in total. The second-order valence-corrected chi connectivity index (χ2v) is 3.66. The van der Waals surface area contributed by atoms with Gasteiger partial charge in [0.25, 0.3) is 5.92 Å². The Kier molecular flexibility index (Phi) is 1.87. The fourth-order valence-corrected chi connectivity index (χ4v) is 1.77. The highest BCUT2D eigenvalue weighted by Crippen LogP contribution is 2.42. The molecule has 0 amide bonds. The highest BCUT2D eigenvalue weighted by molar-refractivity contribution is 5.60. The van der Waals surface area contributed by atoms with Gasteiger partial charge in [-0.05, 0) is 23.8 Å². The highest BCUT2D eigenvalue weighted by atomic mass is 19.3. The van der Waals surface area contributed by atoms with Gasteiger partial charge in [-0.1, -0.05) is 0 Å². The molecule has 0 radical (unpaired) electrons. The van der Waals surface area contributed by atoms with Crippen molar-refractivity contribution in [3.8, 4) is 5.75 Å². The van der Waals surface area contributed by atoms with Crippen molar-refractivity contribution >= 4 is 5.69 Å². The van der Waals surface area contributed by atoms with Crippen LogP contribution in [0.15, 0.2) is 18.2 Å². The Balaban J connectivity index is 2.43. The molecule has 1 aliphatic rings. The predicted octanol–water partition coefficient (Wildman–Crippen LogP) is 2.56. The summed E-state index contributed by atoms with van der Waals surface area (Å²) < 4.78 is 26.2. The van der Waals surface area contributed by atoms with Gasteiger partial charge in [-0.3, -0.25) is 0 Å². The van der Waals surface area contributed by atoms with Crippen LogP contribution >= 0.6 is 0 Å². The minimum atomic E-state index is -2.76. The maximum atomic E-state index is 13.1. The van der Waals surface area contributed by atoms with E-state index in [1.54, 1.807) is 6.07 Å². The number of fused-ring (bicyclic) bond motifs is 1. The molecule has 1 aliphatic heterocycles. The molecule has 0 fully saturated rings. The zero-order valence-electron chi connectivity index (χ0n) is 7.72. The SMILES string of the molecule is CC(F)(F)C1CNc2ccc(O)cc21. The van der Waals surface area contributed by atoms with Crippen molar-refractivity contribution in [3.05, 3.63) is 23.8 Å². The molecule has 1 heterocycles. The van der Waals surface area contributed by atoms with Crippen LogP contribution in [0.3, 0.4) is 0 Å². The average Bonchev–Trinajstić information content (AvgIpc) is 2.45. The first-order valence-corrected chi connectivity index (χ1v) is 4.43. The van der Waals surface area contributed by atoms with Gasteiger partial charge in [0.1, 0.15) is 5.75 Å². The zero-order chi connectivity index (χ0) is 10.3. The lowest BCUT2D eigenvalue weighted by atomic mass is 9.95. The van der Waals surface area contributed by atoms with Gasteiger partial charge in [-0.15, -0.1) is 0 Å². The van der Waals surface area contributed by atoms with Gasteiger partial charge < -0.3 is 10.4 Å². The Bertz CT molecular complexity index is 360. The molecule has 1 aromatic rings. The lowest BCUT2D eigenvalue weighted by Gasteiger charge is -2.18. The summed E-state index contributed by atoms with van der Waals surface area (Å²) in [7, 11) is 0. The molecular weight excluding hydrogens is 188 g/mol. The minimum absolute atomic E-state index is 0.0294. The van der Waals surface area contributed by atoms with E-state index in [4.69, 9.17) is 0 Å². The number of phenolic OH excluding ortho intramolecular Hbond substituents is 1. The summed E-state index contributed by atoms with van der Waals surface area (Å²) in [6.07, 6.45) is 0. The number of hydrogen-bond donors (Lipinski definition) is 2. The summed E-state index contributed by atoms with van der Waals surface area (Å²) in [6.45, 7) is 1.13. The molecule has 1 aromatic carbocycles. The molecule has 0 spiro atoms. The maximum absolute atomic E-state index is 13.1. The monoisotopic (exact) mass is 199 g/mol. The number of rotatable bonds is 1. The Morgan fingerprint density at radius 2 is 2.21 bits per heavy atom. The number of phenols is 1. The molecular formula is C10H11F2NO. The maximum Gasteiger partial charge on any atom is 0.253 e. The predicted molar refractivity (Wildman–Crippen MR) is 50.0 cm³/mol. The van der Waals surface area contributed by atoms with Crippen molar-refractivity contribution in [2.24, 2.45) is 0 Å². The number of nitrogens with one attached hydrogen (secondary N) is 1. The summed E-state index contributed by atoms with van der Waals surface area (Å²) in [6, 6.07) is 4.51. The molecule has 0 aromatic heterocycles. The van der Waals surface area contributed by atoms with E-state index in [2.05, 4.69) is 5.32 Å². The van der Waals surface area contributed by atoms with Crippen molar-refractivity contribution in [1.29, 1.82) is 0 Å². The van der Waals surface area contributed by atoms with E-state index in [9.17, 15) is 13.9 Å². The average molecular weight is 199 g/mol. The number of alkyl halides is 2. The summed E-state index contributed by atoms with van der Waals surface area (Å²) in [4.78, 5) is 0. The number of aromatic hydroxyl groups is 1. The van der Waals surface area contributed by atoms with E-state index in [0.717, 1.165) is 6.92 Å². The minimum Gasteiger partial charge on any atom is -0.508 e. The lowest BCUT2D eigenvalue weighted by molar-refractivity contribution is -0.00187. The molecule has 2 N–H and O–H groups in total. The first kappa shape index (κ1) is 9.24. The molecule has 0 bridgehead atoms. The van der Waals surface area contributed by atoms with Crippen molar-refractivity contribution in [2.75, 3.05) is 11.9 Å². The van der Waals surface area contributed by atoms with E-state index in [0.29, 0.717) is 11.3 Å². The zero-order valence-corrected chi connectivity index (χ0v) is 7.72.